The fraction of sp³-hybridized carbons (Fsp3) is 0.227. The smallest absolute Gasteiger partial charge is 0.253 e. The Morgan fingerprint density at radius 3 is 2.69 bits per heavy atom. The van der Waals surface area contributed by atoms with E-state index in [0.717, 1.165) is 45.4 Å². The monoisotopic (exact) mass is 423 g/mol. The highest BCUT2D eigenvalue weighted by atomic mass is 32.2. The van der Waals surface area contributed by atoms with E-state index >= 15 is 0 Å². The summed E-state index contributed by atoms with van der Waals surface area (Å²) in [7, 11) is 0. The third-order valence-electron chi connectivity index (χ3n) is 4.72. The predicted molar refractivity (Wildman–Crippen MR) is 122 cm³/mol. The van der Waals surface area contributed by atoms with Crippen molar-refractivity contribution in [1.82, 2.24) is 9.88 Å². The molecule has 1 N–H and O–H groups in total. The van der Waals surface area contributed by atoms with Crippen LogP contribution in [0.25, 0.3) is 16.3 Å². The molecular weight excluding hydrogens is 402 g/mol. The number of hydrogen-bond acceptors (Lipinski definition) is 5. The van der Waals surface area contributed by atoms with Crippen molar-refractivity contribution in [1.29, 1.82) is 0 Å². The summed E-state index contributed by atoms with van der Waals surface area (Å²) in [4.78, 5) is 31.3. The van der Waals surface area contributed by atoms with Gasteiger partial charge in [-0.1, -0.05) is 12.1 Å². The van der Waals surface area contributed by atoms with Crippen molar-refractivity contribution >= 4 is 56.9 Å². The fourth-order valence-corrected chi connectivity index (χ4v) is 4.94. The number of thioether (sulfide) groups is 1. The molecule has 0 saturated carbocycles. The van der Waals surface area contributed by atoms with Crippen LogP contribution >= 0.6 is 23.1 Å². The number of amides is 2. The first-order valence-corrected chi connectivity index (χ1v) is 11.4. The van der Waals surface area contributed by atoms with E-state index in [0.29, 0.717) is 11.3 Å². The van der Waals surface area contributed by atoms with Crippen molar-refractivity contribution in [3.8, 4) is 0 Å². The lowest BCUT2D eigenvalue weighted by molar-refractivity contribution is -0.111. The number of rotatable bonds is 4. The quantitative estimate of drug-likeness (QED) is 0.630. The van der Waals surface area contributed by atoms with Gasteiger partial charge >= 0.3 is 0 Å². The van der Waals surface area contributed by atoms with Gasteiger partial charge in [0.1, 0.15) is 5.01 Å². The van der Waals surface area contributed by atoms with Crippen LogP contribution in [0.1, 0.15) is 20.9 Å². The number of carbonyl (C=O) groups excluding carboxylic acids is 2. The number of para-hydroxylation sites is 1. The fourth-order valence-electron chi connectivity index (χ4n) is 3.17. The van der Waals surface area contributed by atoms with Crippen LogP contribution in [0.4, 0.5) is 5.69 Å². The molecule has 0 unspecified atom stereocenters. The zero-order valence-corrected chi connectivity index (χ0v) is 17.7. The molecule has 7 heteroatoms. The summed E-state index contributed by atoms with van der Waals surface area (Å²) < 4.78 is 1.09. The molecule has 3 aromatic rings. The summed E-state index contributed by atoms with van der Waals surface area (Å²) in [6.45, 7) is 3.48. The maximum absolute atomic E-state index is 12.6. The van der Waals surface area contributed by atoms with Gasteiger partial charge in [-0.3, -0.25) is 9.59 Å². The van der Waals surface area contributed by atoms with Crippen LogP contribution in [0, 0.1) is 6.92 Å². The number of aromatic nitrogens is 1. The number of nitrogens with zero attached hydrogens (tertiary/aromatic N) is 2. The Balaban J connectivity index is 1.41. The molecule has 1 aliphatic heterocycles. The first-order chi connectivity index (χ1) is 14.1. The molecule has 4 rings (SSSR count). The summed E-state index contributed by atoms with van der Waals surface area (Å²) >= 11 is 3.42. The lowest BCUT2D eigenvalue weighted by atomic mass is 10.1. The summed E-state index contributed by atoms with van der Waals surface area (Å²) in [5, 5.41) is 3.67. The first kappa shape index (κ1) is 19.7. The van der Waals surface area contributed by atoms with Crippen molar-refractivity contribution in [2.45, 2.75) is 6.92 Å². The summed E-state index contributed by atoms with van der Waals surface area (Å²) in [5.74, 6) is 1.81. The largest absolute Gasteiger partial charge is 0.337 e. The molecule has 0 spiro atoms. The number of hydrogen-bond donors (Lipinski definition) is 1. The van der Waals surface area contributed by atoms with E-state index in [1.807, 2.05) is 53.9 Å². The molecule has 0 bridgehead atoms. The standard InChI is InChI=1S/C22H21N3O2S2/c1-15-14-16(22(27)25-10-12-28-13-11-25)6-7-17(15)23-20(26)8-9-21-24-18-4-2-3-5-19(18)29-21/h2-9,14H,10-13H2,1H3,(H,23,26)/b9-8+. The lowest BCUT2D eigenvalue weighted by Gasteiger charge is -2.26. The second kappa shape index (κ2) is 8.80. The Morgan fingerprint density at radius 1 is 1.14 bits per heavy atom. The average molecular weight is 424 g/mol. The molecule has 2 heterocycles. The zero-order chi connectivity index (χ0) is 20.2. The second-order valence-corrected chi connectivity index (χ2v) is 9.06. The number of fused-ring (bicyclic) bond motifs is 1. The summed E-state index contributed by atoms with van der Waals surface area (Å²) in [6, 6.07) is 13.3. The summed E-state index contributed by atoms with van der Waals surface area (Å²) in [6.07, 6.45) is 3.21. The number of thiazole rings is 1. The molecule has 2 amide bonds. The molecule has 5 nitrogen and oxygen atoms in total. The molecule has 148 valence electrons. The zero-order valence-electron chi connectivity index (χ0n) is 16.1. The minimum Gasteiger partial charge on any atom is -0.337 e. The van der Waals surface area contributed by atoms with E-state index in [1.54, 1.807) is 29.5 Å². The Morgan fingerprint density at radius 2 is 1.93 bits per heavy atom. The first-order valence-electron chi connectivity index (χ1n) is 9.42. The molecule has 2 aromatic carbocycles. The van der Waals surface area contributed by atoms with Gasteiger partial charge in [0.2, 0.25) is 5.91 Å². The van der Waals surface area contributed by atoms with Crippen LogP contribution < -0.4 is 5.32 Å². The van der Waals surface area contributed by atoms with Gasteiger partial charge in [-0.15, -0.1) is 11.3 Å². The number of nitrogens with one attached hydrogen (secondary N) is 1. The molecule has 1 aliphatic rings. The SMILES string of the molecule is Cc1cc(C(=O)N2CCSCC2)ccc1NC(=O)/C=C/c1nc2ccccc2s1. The van der Waals surface area contributed by atoms with Gasteiger partial charge in [0.05, 0.1) is 10.2 Å². The van der Waals surface area contributed by atoms with Gasteiger partial charge in [0, 0.05) is 41.9 Å². The molecule has 0 radical (unpaired) electrons. The van der Waals surface area contributed by atoms with E-state index in [1.165, 1.54) is 6.08 Å². The van der Waals surface area contributed by atoms with E-state index in [4.69, 9.17) is 0 Å². The van der Waals surface area contributed by atoms with E-state index in [2.05, 4.69) is 10.3 Å². The minimum atomic E-state index is -0.223. The Hall–Kier alpha value is -2.64. The molecular formula is C22H21N3O2S2. The Kier molecular flexibility index (Phi) is 5.97. The van der Waals surface area contributed by atoms with Crippen molar-refractivity contribution in [2.75, 3.05) is 29.9 Å². The normalized spacial score (nSPS) is 14.4. The highest BCUT2D eigenvalue weighted by Crippen LogP contribution is 2.23. The molecule has 0 atom stereocenters. The van der Waals surface area contributed by atoms with Crippen LogP contribution in [0.2, 0.25) is 0 Å². The average Bonchev–Trinajstić information content (AvgIpc) is 3.17. The van der Waals surface area contributed by atoms with Gasteiger partial charge in [0.25, 0.3) is 5.91 Å². The Bertz CT molecular complexity index is 1050. The van der Waals surface area contributed by atoms with Crippen LogP contribution in [-0.2, 0) is 4.79 Å². The van der Waals surface area contributed by atoms with Crippen molar-refractivity contribution < 1.29 is 9.59 Å². The highest BCUT2D eigenvalue weighted by Gasteiger charge is 2.19. The van der Waals surface area contributed by atoms with Crippen molar-refractivity contribution in [3.05, 3.63) is 64.7 Å². The van der Waals surface area contributed by atoms with E-state index in [9.17, 15) is 9.59 Å². The maximum Gasteiger partial charge on any atom is 0.253 e. The molecule has 1 fully saturated rings. The topological polar surface area (TPSA) is 62.3 Å². The second-order valence-electron chi connectivity index (χ2n) is 6.78. The number of benzene rings is 2. The molecule has 1 saturated heterocycles. The van der Waals surface area contributed by atoms with Gasteiger partial charge in [-0.05, 0) is 48.9 Å². The third kappa shape index (κ3) is 4.68. The van der Waals surface area contributed by atoms with Crippen LogP contribution in [-0.4, -0.2) is 46.3 Å². The lowest BCUT2D eigenvalue weighted by Crippen LogP contribution is -2.37. The predicted octanol–water partition coefficient (Wildman–Crippen LogP) is 4.45. The minimum absolute atomic E-state index is 0.0574. The van der Waals surface area contributed by atoms with Crippen LogP contribution in [0.5, 0.6) is 0 Å². The van der Waals surface area contributed by atoms with Gasteiger partial charge in [-0.25, -0.2) is 4.98 Å². The number of anilines is 1. The molecule has 29 heavy (non-hydrogen) atoms. The van der Waals surface area contributed by atoms with Gasteiger partial charge in [-0.2, -0.15) is 11.8 Å². The van der Waals surface area contributed by atoms with Gasteiger partial charge < -0.3 is 10.2 Å². The van der Waals surface area contributed by atoms with Gasteiger partial charge in [0.15, 0.2) is 0 Å². The van der Waals surface area contributed by atoms with E-state index in [-0.39, 0.29) is 11.8 Å². The number of aryl methyl sites for hydroxylation is 1. The molecule has 0 aliphatic carbocycles. The van der Waals surface area contributed by atoms with Crippen LogP contribution in [0.3, 0.4) is 0 Å². The van der Waals surface area contributed by atoms with Crippen LogP contribution in [0.15, 0.2) is 48.5 Å². The van der Waals surface area contributed by atoms with E-state index < -0.39 is 0 Å². The number of carbonyl (C=O) groups is 2. The highest BCUT2D eigenvalue weighted by molar-refractivity contribution is 7.99. The van der Waals surface area contributed by atoms with Crippen molar-refractivity contribution in [3.63, 3.8) is 0 Å². The Labute approximate surface area is 177 Å². The third-order valence-corrected chi connectivity index (χ3v) is 6.66. The molecule has 1 aromatic heterocycles. The summed E-state index contributed by atoms with van der Waals surface area (Å²) in [5.41, 5.74) is 3.16. The van der Waals surface area contributed by atoms with Crippen molar-refractivity contribution in [2.24, 2.45) is 0 Å². The maximum atomic E-state index is 12.6.